The van der Waals surface area contributed by atoms with E-state index >= 15 is 0 Å². The Bertz CT molecular complexity index is 663. The van der Waals surface area contributed by atoms with Crippen LogP contribution in [-0.4, -0.2) is 16.6 Å². The Balaban J connectivity index is 1.89. The first kappa shape index (κ1) is 17.9. The minimum absolute atomic E-state index is 0.255. The van der Waals surface area contributed by atoms with Gasteiger partial charge in [-0.2, -0.15) is 5.10 Å². The van der Waals surface area contributed by atoms with Crippen molar-refractivity contribution >= 4 is 11.6 Å². The quantitative estimate of drug-likeness (QED) is 0.446. The number of hydrogen-bond acceptors (Lipinski definition) is 3. The van der Waals surface area contributed by atoms with Gasteiger partial charge in [0.05, 0.1) is 11.3 Å². The predicted octanol–water partition coefficient (Wildman–Crippen LogP) is 4.36. The van der Waals surface area contributed by atoms with Crippen molar-refractivity contribution in [3.8, 4) is 0 Å². The normalized spacial score (nSPS) is 11.3. The molecule has 0 aliphatic carbocycles. The van der Waals surface area contributed by atoms with E-state index in [1.54, 1.807) is 18.3 Å². The number of rotatable bonds is 8. The fourth-order valence-electron chi connectivity index (χ4n) is 2.43. The standard InChI is InChI=1S/C20H25N3O/c1-3-4-5-6-8-17-10-12-18(13-11-17)16(2)22-23-20(24)19-9-7-14-21-15-19/h7,9-15H,3-6,8H2,1-2H3,(H,23,24)/b22-16+. The van der Waals surface area contributed by atoms with Gasteiger partial charge in [0.15, 0.2) is 0 Å². The Morgan fingerprint density at radius 3 is 2.54 bits per heavy atom. The minimum Gasteiger partial charge on any atom is -0.267 e. The van der Waals surface area contributed by atoms with Crippen LogP contribution in [0.5, 0.6) is 0 Å². The molecule has 0 saturated heterocycles. The number of unbranched alkanes of at least 4 members (excludes halogenated alkanes) is 3. The number of amides is 1. The molecule has 0 aliphatic heterocycles. The fraction of sp³-hybridized carbons (Fsp3) is 0.350. The van der Waals surface area contributed by atoms with Crippen LogP contribution in [-0.2, 0) is 6.42 Å². The first-order valence-electron chi connectivity index (χ1n) is 8.54. The molecule has 0 fully saturated rings. The maximum atomic E-state index is 11.9. The summed E-state index contributed by atoms with van der Waals surface area (Å²) >= 11 is 0. The van der Waals surface area contributed by atoms with Crippen molar-refractivity contribution in [2.24, 2.45) is 5.10 Å². The van der Waals surface area contributed by atoms with Crippen LogP contribution in [0, 0.1) is 0 Å². The van der Waals surface area contributed by atoms with Crippen molar-refractivity contribution in [1.82, 2.24) is 10.4 Å². The van der Waals surface area contributed by atoms with Gasteiger partial charge in [-0.1, -0.05) is 50.5 Å². The number of carbonyl (C=O) groups is 1. The molecule has 1 amide bonds. The summed E-state index contributed by atoms with van der Waals surface area (Å²) in [6, 6.07) is 11.8. The van der Waals surface area contributed by atoms with Gasteiger partial charge in [-0.3, -0.25) is 9.78 Å². The molecular weight excluding hydrogens is 298 g/mol. The number of pyridine rings is 1. The summed E-state index contributed by atoms with van der Waals surface area (Å²) in [7, 11) is 0. The van der Waals surface area contributed by atoms with Crippen molar-refractivity contribution in [3.05, 3.63) is 65.5 Å². The van der Waals surface area contributed by atoms with Gasteiger partial charge in [0.1, 0.15) is 0 Å². The van der Waals surface area contributed by atoms with Crippen LogP contribution in [0.1, 0.15) is 61.0 Å². The molecule has 0 radical (unpaired) electrons. The molecule has 1 aromatic heterocycles. The lowest BCUT2D eigenvalue weighted by atomic mass is 10.0. The molecule has 0 saturated carbocycles. The van der Waals surface area contributed by atoms with Crippen LogP contribution in [0.4, 0.5) is 0 Å². The second-order valence-corrected chi connectivity index (χ2v) is 5.89. The average Bonchev–Trinajstić information content (AvgIpc) is 2.64. The zero-order chi connectivity index (χ0) is 17.2. The van der Waals surface area contributed by atoms with Crippen LogP contribution in [0.15, 0.2) is 53.9 Å². The second-order valence-electron chi connectivity index (χ2n) is 5.89. The van der Waals surface area contributed by atoms with Gasteiger partial charge in [0, 0.05) is 12.4 Å². The van der Waals surface area contributed by atoms with Crippen molar-refractivity contribution in [1.29, 1.82) is 0 Å². The van der Waals surface area contributed by atoms with Crippen LogP contribution < -0.4 is 5.43 Å². The van der Waals surface area contributed by atoms with E-state index in [-0.39, 0.29) is 5.91 Å². The van der Waals surface area contributed by atoms with E-state index in [0.717, 1.165) is 17.7 Å². The van der Waals surface area contributed by atoms with E-state index in [9.17, 15) is 4.79 Å². The van der Waals surface area contributed by atoms with Gasteiger partial charge in [-0.15, -0.1) is 0 Å². The summed E-state index contributed by atoms with van der Waals surface area (Å²) in [5, 5.41) is 4.18. The lowest BCUT2D eigenvalue weighted by Gasteiger charge is -2.05. The Morgan fingerprint density at radius 1 is 1.08 bits per heavy atom. The summed E-state index contributed by atoms with van der Waals surface area (Å²) in [5.41, 5.74) is 6.21. The van der Waals surface area contributed by atoms with Crippen LogP contribution in [0.2, 0.25) is 0 Å². The molecule has 2 aromatic rings. The zero-order valence-corrected chi connectivity index (χ0v) is 14.5. The highest BCUT2D eigenvalue weighted by molar-refractivity contribution is 6.00. The Labute approximate surface area is 144 Å². The second kappa shape index (κ2) is 9.60. The Hall–Kier alpha value is -2.49. The average molecular weight is 323 g/mol. The highest BCUT2D eigenvalue weighted by Crippen LogP contribution is 2.10. The molecule has 0 unspecified atom stereocenters. The molecule has 1 N–H and O–H groups in total. The van der Waals surface area contributed by atoms with Gasteiger partial charge in [-0.05, 0) is 43.0 Å². The smallest absolute Gasteiger partial charge is 0.267 e. The molecule has 1 heterocycles. The maximum absolute atomic E-state index is 11.9. The highest BCUT2D eigenvalue weighted by atomic mass is 16.2. The van der Waals surface area contributed by atoms with E-state index in [0.29, 0.717) is 5.56 Å². The number of aryl methyl sites for hydroxylation is 1. The topological polar surface area (TPSA) is 54.4 Å². The highest BCUT2D eigenvalue weighted by Gasteiger charge is 2.04. The Kier molecular flexibility index (Phi) is 7.15. The third kappa shape index (κ3) is 5.61. The molecule has 24 heavy (non-hydrogen) atoms. The number of carbonyl (C=O) groups excluding carboxylic acids is 1. The number of nitrogens with one attached hydrogen (secondary N) is 1. The van der Waals surface area contributed by atoms with Crippen molar-refractivity contribution < 1.29 is 4.79 Å². The van der Waals surface area contributed by atoms with Crippen LogP contribution >= 0.6 is 0 Å². The molecule has 0 spiro atoms. The first-order chi connectivity index (χ1) is 11.7. The van der Waals surface area contributed by atoms with Gasteiger partial charge < -0.3 is 0 Å². The van der Waals surface area contributed by atoms with E-state index in [1.807, 2.05) is 6.92 Å². The van der Waals surface area contributed by atoms with E-state index in [2.05, 4.69) is 46.7 Å². The van der Waals surface area contributed by atoms with E-state index < -0.39 is 0 Å². The number of hydrazone groups is 1. The number of hydrogen-bond donors (Lipinski definition) is 1. The number of nitrogens with zero attached hydrogens (tertiary/aromatic N) is 2. The number of aromatic nitrogens is 1. The predicted molar refractivity (Wildman–Crippen MR) is 98.2 cm³/mol. The van der Waals surface area contributed by atoms with Crippen molar-refractivity contribution in [2.45, 2.75) is 46.0 Å². The maximum Gasteiger partial charge on any atom is 0.272 e. The van der Waals surface area contributed by atoms with Gasteiger partial charge in [0.25, 0.3) is 5.91 Å². The lowest BCUT2D eigenvalue weighted by molar-refractivity contribution is 0.0954. The third-order valence-electron chi connectivity index (χ3n) is 3.94. The summed E-state index contributed by atoms with van der Waals surface area (Å²) in [5.74, 6) is -0.255. The fourth-order valence-corrected chi connectivity index (χ4v) is 2.43. The molecule has 0 atom stereocenters. The van der Waals surface area contributed by atoms with E-state index in [1.165, 1.54) is 37.4 Å². The molecule has 4 heteroatoms. The molecule has 0 bridgehead atoms. The van der Waals surface area contributed by atoms with Gasteiger partial charge >= 0.3 is 0 Å². The molecule has 2 rings (SSSR count). The van der Waals surface area contributed by atoms with E-state index in [4.69, 9.17) is 0 Å². The van der Waals surface area contributed by atoms with Crippen molar-refractivity contribution in [2.75, 3.05) is 0 Å². The summed E-state index contributed by atoms with van der Waals surface area (Å²) in [4.78, 5) is 15.9. The zero-order valence-electron chi connectivity index (χ0n) is 14.5. The number of benzene rings is 1. The third-order valence-corrected chi connectivity index (χ3v) is 3.94. The minimum atomic E-state index is -0.255. The van der Waals surface area contributed by atoms with Crippen LogP contribution in [0.3, 0.4) is 0 Å². The monoisotopic (exact) mass is 323 g/mol. The molecule has 0 aliphatic rings. The lowest BCUT2D eigenvalue weighted by Crippen LogP contribution is -2.19. The molecule has 1 aromatic carbocycles. The summed E-state index contributed by atoms with van der Waals surface area (Å²) in [6.07, 6.45) is 9.37. The molecular formula is C20H25N3O. The summed E-state index contributed by atoms with van der Waals surface area (Å²) in [6.45, 7) is 4.11. The van der Waals surface area contributed by atoms with Crippen molar-refractivity contribution in [3.63, 3.8) is 0 Å². The van der Waals surface area contributed by atoms with Crippen LogP contribution in [0.25, 0.3) is 0 Å². The SMILES string of the molecule is CCCCCCc1ccc(/C(C)=N/NC(=O)c2cccnc2)cc1. The largest absolute Gasteiger partial charge is 0.272 e. The molecule has 4 nitrogen and oxygen atoms in total. The summed E-state index contributed by atoms with van der Waals surface area (Å²) < 4.78 is 0. The van der Waals surface area contributed by atoms with Gasteiger partial charge in [-0.25, -0.2) is 5.43 Å². The first-order valence-corrected chi connectivity index (χ1v) is 8.54. The Morgan fingerprint density at radius 2 is 1.88 bits per heavy atom. The van der Waals surface area contributed by atoms with Gasteiger partial charge in [0.2, 0.25) is 0 Å². The molecule has 126 valence electrons.